The van der Waals surface area contributed by atoms with Gasteiger partial charge >= 0.3 is 0 Å². The Morgan fingerprint density at radius 1 is 1.11 bits per heavy atom. The van der Waals surface area contributed by atoms with Crippen LogP contribution in [0, 0.1) is 6.92 Å². The topological polar surface area (TPSA) is 109 Å². The number of nitrogens with zero attached hydrogens (tertiary/aromatic N) is 6. The molecule has 0 aliphatic carbocycles. The number of H-pyrrole nitrogens is 1. The van der Waals surface area contributed by atoms with Crippen molar-refractivity contribution in [1.29, 1.82) is 0 Å². The van der Waals surface area contributed by atoms with Gasteiger partial charge in [0.25, 0.3) is 5.91 Å². The highest BCUT2D eigenvalue weighted by Crippen LogP contribution is 2.37. The number of carbonyl (C=O) groups excluding carboxylic acids is 2. The van der Waals surface area contributed by atoms with E-state index in [4.69, 9.17) is 9.72 Å². The second kappa shape index (κ2) is 8.68. The minimum absolute atomic E-state index is 0.0370. The maximum atomic E-state index is 13.4. The number of aromatic nitrogens is 5. The van der Waals surface area contributed by atoms with Crippen LogP contribution in [0.15, 0.2) is 24.7 Å². The summed E-state index contributed by atoms with van der Waals surface area (Å²) in [5.41, 5.74) is 6.39. The molecule has 5 heterocycles. The summed E-state index contributed by atoms with van der Waals surface area (Å²) in [7, 11) is 1.61. The van der Waals surface area contributed by atoms with Gasteiger partial charge in [0.15, 0.2) is 11.4 Å². The number of rotatable bonds is 4. The highest BCUT2D eigenvalue weighted by Gasteiger charge is 2.27. The van der Waals surface area contributed by atoms with Gasteiger partial charge in [0, 0.05) is 50.4 Å². The summed E-state index contributed by atoms with van der Waals surface area (Å²) >= 11 is 0. The van der Waals surface area contributed by atoms with Crippen molar-refractivity contribution in [2.45, 2.75) is 33.6 Å². The largest absolute Gasteiger partial charge is 0.493 e. The zero-order valence-corrected chi connectivity index (χ0v) is 20.6. The van der Waals surface area contributed by atoms with Gasteiger partial charge in [-0.2, -0.15) is 5.10 Å². The molecule has 0 unspecified atom stereocenters. The number of piperazine rings is 1. The van der Waals surface area contributed by atoms with Crippen LogP contribution >= 0.6 is 0 Å². The zero-order chi connectivity index (χ0) is 24.9. The molecule has 0 bridgehead atoms. The Morgan fingerprint density at radius 2 is 1.83 bits per heavy atom. The lowest BCUT2D eigenvalue weighted by molar-refractivity contribution is -0.130. The van der Waals surface area contributed by atoms with Gasteiger partial charge in [-0.05, 0) is 30.5 Å². The third-order valence-corrected chi connectivity index (χ3v) is 6.64. The molecule has 0 aromatic carbocycles. The van der Waals surface area contributed by atoms with Gasteiger partial charge in [0.2, 0.25) is 5.91 Å². The Balaban J connectivity index is 1.58. The minimum Gasteiger partial charge on any atom is -0.493 e. The molecule has 1 aliphatic heterocycles. The van der Waals surface area contributed by atoms with Crippen LogP contribution in [0.5, 0.6) is 5.75 Å². The van der Waals surface area contributed by atoms with Crippen molar-refractivity contribution in [3.05, 3.63) is 41.5 Å². The molecule has 1 N–H and O–H groups in total. The van der Waals surface area contributed by atoms with Gasteiger partial charge < -0.3 is 19.5 Å². The molecule has 2 amide bonds. The van der Waals surface area contributed by atoms with Crippen molar-refractivity contribution in [3.63, 3.8) is 0 Å². The number of nitrogens with one attached hydrogen (secondary N) is 1. The Hall–Kier alpha value is -3.95. The molecule has 1 saturated heterocycles. The van der Waals surface area contributed by atoms with Crippen molar-refractivity contribution in [3.8, 4) is 17.0 Å². The molecule has 1 aliphatic rings. The number of aromatic amines is 1. The highest BCUT2D eigenvalue weighted by atomic mass is 16.5. The molecule has 0 radical (unpaired) electrons. The van der Waals surface area contributed by atoms with Crippen LogP contribution in [0.4, 0.5) is 0 Å². The number of fused-ring (bicyclic) bond motifs is 2. The van der Waals surface area contributed by atoms with E-state index in [1.54, 1.807) is 28.3 Å². The predicted octanol–water partition coefficient (Wildman–Crippen LogP) is 3.02. The summed E-state index contributed by atoms with van der Waals surface area (Å²) in [5, 5.41) is 4.28. The molecule has 1 fully saturated rings. The molecule has 0 spiro atoms. The molecular weight excluding hydrogens is 446 g/mol. The molecular formula is C25H29N7O3. The summed E-state index contributed by atoms with van der Waals surface area (Å²) in [6, 6.07) is 3.93. The summed E-state index contributed by atoms with van der Waals surface area (Å²) in [4.78, 5) is 41.3. The van der Waals surface area contributed by atoms with Gasteiger partial charge in [-0.3, -0.25) is 9.59 Å². The first kappa shape index (κ1) is 22.8. The summed E-state index contributed by atoms with van der Waals surface area (Å²) in [6.07, 6.45) is 3.41. The van der Waals surface area contributed by atoms with Crippen molar-refractivity contribution < 1.29 is 14.3 Å². The first-order chi connectivity index (χ1) is 16.8. The van der Waals surface area contributed by atoms with Crippen LogP contribution in [0.3, 0.4) is 0 Å². The van der Waals surface area contributed by atoms with E-state index in [0.29, 0.717) is 43.3 Å². The molecule has 5 rings (SSSR count). The van der Waals surface area contributed by atoms with Gasteiger partial charge in [-0.25, -0.2) is 14.5 Å². The SMILES string of the molecule is COc1cc(-c2[nH]c3cc(C)c(C(=O)N4CCN(C(C)=O)CC4)nc3c2C(C)C)cn2ncnc12. The van der Waals surface area contributed by atoms with Crippen LogP contribution in [-0.2, 0) is 4.79 Å². The maximum Gasteiger partial charge on any atom is 0.272 e. The quantitative estimate of drug-likeness (QED) is 0.486. The Kier molecular flexibility index (Phi) is 5.66. The zero-order valence-electron chi connectivity index (χ0n) is 20.6. The Labute approximate surface area is 202 Å². The van der Waals surface area contributed by atoms with Gasteiger partial charge in [-0.15, -0.1) is 0 Å². The molecule has 35 heavy (non-hydrogen) atoms. The number of hydrogen-bond donors (Lipinski definition) is 1. The average molecular weight is 476 g/mol. The van der Waals surface area contributed by atoms with Crippen LogP contribution < -0.4 is 4.74 Å². The van der Waals surface area contributed by atoms with E-state index in [2.05, 4.69) is 28.9 Å². The predicted molar refractivity (Wildman–Crippen MR) is 132 cm³/mol. The van der Waals surface area contributed by atoms with Crippen molar-refractivity contribution in [2.24, 2.45) is 0 Å². The monoisotopic (exact) mass is 475 g/mol. The molecule has 4 aromatic rings. The first-order valence-electron chi connectivity index (χ1n) is 11.7. The van der Waals surface area contributed by atoms with Crippen molar-refractivity contribution >= 4 is 28.5 Å². The number of pyridine rings is 2. The fourth-order valence-corrected chi connectivity index (χ4v) is 4.80. The highest BCUT2D eigenvalue weighted by molar-refractivity contribution is 5.98. The lowest BCUT2D eigenvalue weighted by atomic mass is 9.98. The van der Waals surface area contributed by atoms with Crippen molar-refractivity contribution in [1.82, 2.24) is 34.4 Å². The third kappa shape index (κ3) is 3.88. The van der Waals surface area contributed by atoms with Crippen LogP contribution in [-0.4, -0.2) is 79.5 Å². The Bertz CT molecular complexity index is 1440. The minimum atomic E-state index is -0.101. The second-order valence-corrected chi connectivity index (χ2v) is 9.24. The fourth-order valence-electron chi connectivity index (χ4n) is 4.80. The number of aryl methyl sites for hydroxylation is 1. The second-order valence-electron chi connectivity index (χ2n) is 9.24. The summed E-state index contributed by atoms with van der Waals surface area (Å²) in [5.74, 6) is 0.706. The van der Waals surface area contributed by atoms with E-state index in [0.717, 1.165) is 33.4 Å². The summed E-state index contributed by atoms with van der Waals surface area (Å²) in [6.45, 7) is 9.79. The molecule has 10 heteroatoms. The normalized spacial score (nSPS) is 14.3. The number of amides is 2. The van der Waals surface area contributed by atoms with E-state index in [1.165, 1.54) is 6.33 Å². The lowest BCUT2D eigenvalue weighted by Gasteiger charge is -2.34. The average Bonchev–Trinajstić information content (AvgIpc) is 3.46. The first-order valence-corrected chi connectivity index (χ1v) is 11.7. The molecule has 0 saturated carbocycles. The number of ether oxygens (including phenoxy) is 1. The number of methoxy groups -OCH3 is 1. The van der Waals surface area contributed by atoms with Crippen molar-refractivity contribution in [2.75, 3.05) is 33.3 Å². The van der Waals surface area contributed by atoms with Crippen LogP contribution in [0.1, 0.15) is 48.3 Å². The van der Waals surface area contributed by atoms with E-state index in [1.807, 2.05) is 25.3 Å². The van der Waals surface area contributed by atoms with Crippen LogP contribution in [0.2, 0.25) is 0 Å². The third-order valence-electron chi connectivity index (χ3n) is 6.64. The fraction of sp³-hybridized carbons (Fsp3) is 0.400. The maximum absolute atomic E-state index is 13.4. The lowest BCUT2D eigenvalue weighted by Crippen LogP contribution is -2.50. The molecule has 10 nitrogen and oxygen atoms in total. The van der Waals surface area contributed by atoms with Gasteiger partial charge in [0.05, 0.1) is 23.8 Å². The van der Waals surface area contributed by atoms with E-state index < -0.39 is 0 Å². The summed E-state index contributed by atoms with van der Waals surface area (Å²) < 4.78 is 7.25. The van der Waals surface area contributed by atoms with Gasteiger partial charge in [-0.1, -0.05) is 13.8 Å². The number of hydrogen-bond acceptors (Lipinski definition) is 6. The van der Waals surface area contributed by atoms with Crippen LogP contribution in [0.25, 0.3) is 27.9 Å². The number of carbonyl (C=O) groups is 2. The van der Waals surface area contributed by atoms with E-state index >= 15 is 0 Å². The smallest absolute Gasteiger partial charge is 0.272 e. The Morgan fingerprint density at radius 3 is 2.49 bits per heavy atom. The van der Waals surface area contributed by atoms with Gasteiger partial charge in [0.1, 0.15) is 12.0 Å². The van der Waals surface area contributed by atoms with E-state index in [-0.39, 0.29) is 17.7 Å². The molecule has 4 aromatic heterocycles. The molecule has 0 atom stereocenters. The standard InChI is InChI=1S/C25H29N7O3/c1-14(2)20-22(17-11-19(35-5)24-26-13-27-32(24)12-17)28-18-10-15(3)21(29-23(18)20)25(34)31-8-6-30(7-9-31)16(4)33/h10-14,28H,6-9H2,1-5H3. The molecule has 182 valence electrons. The van der Waals surface area contributed by atoms with E-state index in [9.17, 15) is 9.59 Å².